The van der Waals surface area contributed by atoms with Gasteiger partial charge in [0, 0.05) is 12.1 Å². The molecule has 4 nitrogen and oxygen atoms in total. The zero-order valence-corrected chi connectivity index (χ0v) is 8.69. The molecule has 2 N–H and O–H groups in total. The molecule has 82 valence electrons. The van der Waals surface area contributed by atoms with Gasteiger partial charge in [-0.2, -0.15) is 0 Å². The summed E-state index contributed by atoms with van der Waals surface area (Å²) in [5, 5.41) is 11.9. The quantitative estimate of drug-likeness (QED) is 0.782. The molecule has 0 aromatic carbocycles. The molecule has 0 aliphatic heterocycles. The Bertz CT molecular complexity index is 358. The number of rotatable bonds is 5. The monoisotopic (exact) mass is 209 g/mol. The predicted molar refractivity (Wildman–Crippen MR) is 56.1 cm³/mol. The van der Waals surface area contributed by atoms with Crippen LogP contribution in [0.3, 0.4) is 0 Å². The number of furan rings is 1. The third-order valence-electron chi connectivity index (χ3n) is 2.73. The predicted octanol–water partition coefficient (Wildman–Crippen LogP) is 2.58. The van der Waals surface area contributed by atoms with E-state index in [1.54, 1.807) is 6.07 Å². The molecular formula is C11H15NO3. The number of carbonyl (C=O) groups is 1. The van der Waals surface area contributed by atoms with Crippen LogP contribution in [0.5, 0.6) is 0 Å². The van der Waals surface area contributed by atoms with Crippen molar-refractivity contribution in [1.82, 2.24) is 0 Å². The molecule has 1 aromatic rings. The van der Waals surface area contributed by atoms with Gasteiger partial charge in [0.15, 0.2) is 5.88 Å². The minimum absolute atomic E-state index is 0.00908. The van der Waals surface area contributed by atoms with Crippen molar-refractivity contribution in [1.29, 1.82) is 0 Å². The van der Waals surface area contributed by atoms with Crippen LogP contribution in [0.25, 0.3) is 0 Å². The Hall–Kier alpha value is -1.45. The van der Waals surface area contributed by atoms with E-state index in [0.29, 0.717) is 11.9 Å². The maximum atomic E-state index is 10.6. The van der Waals surface area contributed by atoms with Crippen LogP contribution in [0.2, 0.25) is 0 Å². The second-order valence-corrected chi connectivity index (χ2v) is 4.00. The highest BCUT2D eigenvalue weighted by Crippen LogP contribution is 2.37. The molecule has 1 fully saturated rings. The first-order valence-electron chi connectivity index (χ1n) is 5.30. The van der Waals surface area contributed by atoms with Gasteiger partial charge in [-0.3, -0.25) is 0 Å². The van der Waals surface area contributed by atoms with Gasteiger partial charge in [0.25, 0.3) is 0 Å². The Morgan fingerprint density at radius 2 is 2.47 bits per heavy atom. The third kappa shape index (κ3) is 2.32. The molecule has 0 amide bonds. The molecule has 4 heteroatoms. The maximum Gasteiger partial charge on any atom is 0.371 e. The van der Waals surface area contributed by atoms with Crippen LogP contribution in [0, 0.1) is 5.92 Å². The van der Waals surface area contributed by atoms with Crippen molar-refractivity contribution >= 4 is 11.9 Å². The van der Waals surface area contributed by atoms with Crippen LogP contribution in [0.4, 0.5) is 5.88 Å². The molecule has 1 saturated carbocycles. The highest BCUT2D eigenvalue weighted by atomic mass is 16.4. The molecule has 1 aliphatic carbocycles. The van der Waals surface area contributed by atoms with E-state index in [-0.39, 0.29) is 5.76 Å². The molecule has 2 rings (SSSR count). The van der Waals surface area contributed by atoms with Gasteiger partial charge in [0.2, 0.25) is 5.76 Å². The zero-order chi connectivity index (χ0) is 10.8. The second-order valence-electron chi connectivity index (χ2n) is 4.00. The summed E-state index contributed by atoms with van der Waals surface area (Å²) in [7, 11) is 0. The molecule has 2 unspecified atom stereocenters. The molecule has 15 heavy (non-hydrogen) atoms. The van der Waals surface area contributed by atoms with Gasteiger partial charge < -0.3 is 14.8 Å². The fourth-order valence-electron chi connectivity index (χ4n) is 1.83. The van der Waals surface area contributed by atoms with Crippen molar-refractivity contribution in [3.8, 4) is 0 Å². The fourth-order valence-corrected chi connectivity index (χ4v) is 1.83. The second kappa shape index (κ2) is 3.96. The fraction of sp³-hybridized carbons (Fsp3) is 0.545. The van der Waals surface area contributed by atoms with E-state index in [0.717, 1.165) is 12.3 Å². The Morgan fingerprint density at radius 1 is 1.67 bits per heavy atom. The van der Waals surface area contributed by atoms with Crippen LogP contribution in [-0.4, -0.2) is 17.1 Å². The summed E-state index contributed by atoms with van der Waals surface area (Å²) in [6, 6.07) is 3.62. The molecule has 1 aliphatic rings. The van der Waals surface area contributed by atoms with E-state index in [1.807, 2.05) is 0 Å². The summed E-state index contributed by atoms with van der Waals surface area (Å²) >= 11 is 0. The van der Waals surface area contributed by atoms with Gasteiger partial charge in [-0.25, -0.2) is 4.79 Å². The highest BCUT2D eigenvalue weighted by Gasteiger charge is 2.36. The topological polar surface area (TPSA) is 62.5 Å². The number of carboxylic acids is 1. The van der Waals surface area contributed by atoms with Crippen molar-refractivity contribution < 1.29 is 14.3 Å². The van der Waals surface area contributed by atoms with E-state index >= 15 is 0 Å². The lowest BCUT2D eigenvalue weighted by molar-refractivity contribution is 0.0663. The number of carboxylic acid groups (broad SMARTS) is 1. The number of aromatic carboxylic acids is 1. The molecule has 0 radical (unpaired) electrons. The smallest absolute Gasteiger partial charge is 0.371 e. The molecule has 0 saturated heterocycles. The SMILES string of the molecule is CCCC1CC1Nc1ccc(C(=O)O)o1. The number of nitrogens with one attached hydrogen (secondary N) is 1. The van der Waals surface area contributed by atoms with E-state index in [9.17, 15) is 4.79 Å². The van der Waals surface area contributed by atoms with Gasteiger partial charge in [-0.15, -0.1) is 0 Å². The van der Waals surface area contributed by atoms with Gasteiger partial charge in [-0.1, -0.05) is 13.3 Å². The Labute approximate surface area is 88.3 Å². The van der Waals surface area contributed by atoms with Crippen molar-refractivity contribution in [2.45, 2.75) is 32.2 Å². The van der Waals surface area contributed by atoms with Crippen molar-refractivity contribution in [3.63, 3.8) is 0 Å². The van der Waals surface area contributed by atoms with Crippen molar-refractivity contribution in [2.24, 2.45) is 5.92 Å². The average molecular weight is 209 g/mol. The Kier molecular flexibility index (Phi) is 2.66. The summed E-state index contributed by atoms with van der Waals surface area (Å²) < 4.78 is 5.11. The largest absolute Gasteiger partial charge is 0.475 e. The van der Waals surface area contributed by atoms with Crippen LogP contribution in [0.1, 0.15) is 36.7 Å². The summed E-state index contributed by atoms with van der Waals surface area (Å²) in [6.07, 6.45) is 3.59. The van der Waals surface area contributed by atoms with E-state index < -0.39 is 5.97 Å². The molecule has 2 atom stereocenters. The third-order valence-corrected chi connectivity index (χ3v) is 2.73. The van der Waals surface area contributed by atoms with E-state index in [4.69, 9.17) is 9.52 Å². The summed E-state index contributed by atoms with van der Waals surface area (Å²) in [5.74, 6) is 0.263. The Balaban J connectivity index is 1.87. The lowest BCUT2D eigenvalue weighted by Gasteiger charge is -2.00. The highest BCUT2D eigenvalue weighted by molar-refractivity contribution is 5.84. The first-order chi connectivity index (χ1) is 7.20. The number of hydrogen-bond donors (Lipinski definition) is 2. The van der Waals surface area contributed by atoms with Gasteiger partial charge in [-0.05, 0) is 24.8 Å². The van der Waals surface area contributed by atoms with Crippen LogP contribution in [-0.2, 0) is 0 Å². The standard InChI is InChI=1S/C11H15NO3/c1-2-3-7-6-8(7)12-10-5-4-9(15-10)11(13)14/h4-5,7-8,12H,2-3,6H2,1H3,(H,13,14). The normalized spacial score (nSPS) is 23.8. The van der Waals surface area contributed by atoms with Gasteiger partial charge in [0.05, 0.1) is 0 Å². The van der Waals surface area contributed by atoms with E-state index in [1.165, 1.54) is 18.9 Å². The zero-order valence-electron chi connectivity index (χ0n) is 8.69. The number of anilines is 1. The average Bonchev–Trinajstić information content (AvgIpc) is 2.75. The Morgan fingerprint density at radius 3 is 3.07 bits per heavy atom. The van der Waals surface area contributed by atoms with Crippen molar-refractivity contribution in [3.05, 3.63) is 17.9 Å². The molecule has 0 bridgehead atoms. The van der Waals surface area contributed by atoms with Crippen LogP contribution in [0.15, 0.2) is 16.5 Å². The van der Waals surface area contributed by atoms with E-state index in [2.05, 4.69) is 12.2 Å². The molecule has 1 aromatic heterocycles. The first kappa shape index (κ1) is 10.1. The first-order valence-corrected chi connectivity index (χ1v) is 5.30. The van der Waals surface area contributed by atoms with Crippen molar-refractivity contribution in [2.75, 3.05) is 5.32 Å². The lowest BCUT2D eigenvalue weighted by atomic mass is 10.2. The summed E-state index contributed by atoms with van der Waals surface area (Å²) in [6.45, 7) is 2.17. The van der Waals surface area contributed by atoms with Crippen LogP contribution < -0.4 is 5.32 Å². The molecule has 0 spiro atoms. The van der Waals surface area contributed by atoms with Gasteiger partial charge >= 0.3 is 5.97 Å². The lowest BCUT2D eigenvalue weighted by Crippen LogP contribution is -2.03. The summed E-state index contributed by atoms with van der Waals surface area (Å²) in [5.41, 5.74) is 0. The minimum Gasteiger partial charge on any atom is -0.475 e. The molecule has 1 heterocycles. The minimum atomic E-state index is -1.02. The van der Waals surface area contributed by atoms with Gasteiger partial charge in [0.1, 0.15) is 0 Å². The molecular weight excluding hydrogens is 194 g/mol. The summed E-state index contributed by atoms with van der Waals surface area (Å²) in [4.78, 5) is 10.6. The maximum absolute atomic E-state index is 10.6. The number of hydrogen-bond acceptors (Lipinski definition) is 3. The van der Waals surface area contributed by atoms with Crippen LogP contribution >= 0.6 is 0 Å².